The van der Waals surface area contributed by atoms with Gasteiger partial charge in [0.05, 0.1) is 20.3 Å². The Kier molecular flexibility index (Phi) is 7.11. The van der Waals surface area contributed by atoms with Gasteiger partial charge in [-0.2, -0.15) is 0 Å². The summed E-state index contributed by atoms with van der Waals surface area (Å²) in [6.45, 7) is 2.16. The molecule has 4 aromatic carbocycles. The van der Waals surface area contributed by atoms with Crippen LogP contribution in [0.3, 0.4) is 0 Å². The Morgan fingerprint density at radius 1 is 0.576 bits per heavy atom. The fraction of sp³-hybridized carbons (Fsp3) is 0.200. The smallest absolute Gasteiger partial charge is 0.144 e. The molecule has 1 unspecified atom stereocenters. The number of benzene rings is 4. The minimum Gasteiger partial charge on any atom is -0.497 e. The van der Waals surface area contributed by atoms with Crippen molar-refractivity contribution in [2.24, 2.45) is 0 Å². The first kappa shape index (κ1) is 22.6. The van der Waals surface area contributed by atoms with Gasteiger partial charge in [0, 0.05) is 0 Å². The van der Waals surface area contributed by atoms with E-state index in [0.717, 1.165) is 40.2 Å². The highest BCUT2D eigenvalue weighted by Gasteiger charge is 2.40. The third kappa shape index (κ3) is 4.64. The molecule has 0 N–H and O–H groups in total. The quantitative estimate of drug-likeness (QED) is 0.259. The lowest BCUT2D eigenvalue weighted by Gasteiger charge is -2.39. The van der Waals surface area contributed by atoms with Gasteiger partial charge >= 0.3 is 0 Å². The second kappa shape index (κ2) is 10.4. The number of hydrogen-bond donors (Lipinski definition) is 0. The van der Waals surface area contributed by atoms with Gasteiger partial charge < -0.3 is 14.2 Å². The predicted octanol–water partition coefficient (Wildman–Crippen LogP) is 7.16. The van der Waals surface area contributed by atoms with Gasteiger partial charge in [-0.05, 0) is 52.9 Å². The van der Waals surface area contributed by atoms with Crippen molar-refractivity contribution < 1.29 is 14.2 Å². The predicted molar refractivity (Wildman–Crippen MR) is 133 cm³/mol. The molecule has 0 spiro atoms. The third-order valence-electron chi connectivity index (χ3n) is 6.03. The van der Waals surface area contributed by atoms with Gasteiger partial charge in [-0.3, -0.25) is 0 Å². The number of ether oxygens (including phenoxy) is 3. The molecule has 0 fully saturated rings. The van der Waals surface area contributed by atoms with Crippen LogP contribution in [-0.2, 0) is 10.3 Å². The molecule has 4 rings (SSSR count). The molecule has 0 heterocycles. The van der Waals surface area contributed by atoms with Gasteiger partial charge in [0.15, 0.2) is 0 Å². The van der Waals surface area contributed by atoms with E-state index in [1.54, 1.807) is 14.2 Å². The maximum absolute atomic E-state index is 7.20. The maximum Gasteiger partial charge on any atom is 0.144 e. The first-order valence-corrected chi connectivity index (χ1v) is 11.3. The summed E-state index contributed by atoms with van der Waals surface area (Å²) in [6.07, 6.45) is 0.737. The van der Waals surface area contributed by atoms with E-state index in [4.69, 9.17) is 14.2 Å². The summed E-state index contributed by atoms with van der Waals surface area (Å²) in [7, 11) is 3.36. The van der Waals surface area contributed by atoms with E-state index in [0.29, 0.717) is 0 Å². The lowest BCUT2D eigenvalue weighted by molar-refractivity contribution is -0.0511. The van der Waals surface area contributed by atoms with E-state index >= 15 is 0 Å². The van der Waals surface area contributed by atoms with Crippen molar-refractivity contribution in [3.63, 3.8) is 0 Å². The van der Waals surface area contributed by atoms with Crippen molar-refractivity contribution in [1.29, 1.82) is 0 Å². The molecule has 0 saturated carbocycles. The molecule has 0 aliphatic rings. The molecule has 0 amide bonds. The Bertz CT molecular complexity index is 1070. The Labute approximate surface area is 196 Å². The lowest BCUT2D eigenvalue weighted by atomic mass is 9.79. The summed E-state index contributed by atoms with van der Waals surface area (Å²) in [5.74, 6) is 1.62. The molecule has 1 atom stereocenters. The van der Waals surface area contributed by atoms with Gasteiger partial charge in [0.25, 0.3) is 0 Å². The zero-order valence-electron chi connectivity index (χ0n) is 19.4. The van der Waals surface area contributed by atoms with E-state index in [9.17, 15) is 0 Å². The average Bonchev–Trinajstić information content (AvgIpc) is 2.91. The van der Waals surface area contributed by atoms with E-state index < -0.39 is 5.60 Å². The van der Waals surface area contributed by atoms with Crippen LogP contribution in [0.1, 0.15) is 41.7 Å². The normalized spacial score (nSPS) is 12.2. The number of rotatable bonds is 9. The summed E-state index contributed by atoms with van der Waals surface area (Å²) in [6, 6.07) is 37.2. The van der Waals surface area contributed by atoms with Gasteiger partial charge in [-0.1, -0.05) is 91.9 Å². The molecular formula is C30H30O3. The van der Waals surface area contributed by atoms with Gasteiger partial charge in [0.2, 0.25) is 0 Å². The molecule has 0 aliphatic heterocycles. The van der Waals surface area contributed by atoms with Gasteiger partial charge in [-0.15, -0.1) is 0 Å². The van der Waals surface area contributed by atoms with Gasteiger partial charge in [0.1, 0.15) is 17.1 Å². The van der Waals surface area contributed by atoms with E-state index in [1.165, 1.54) is 0 Å². The molecule has 3 nitrogen and oxygen atoms in total. The van der Waals surface area contributed by atoms with Crippen LogP contribution < -0.4 is 9.47 Å². The monoisotopic (exact) mass is 438 g/mol. The lowest BCUT2D eigenvalue weighted by Crippen LogP contribution is -2.34. The zero-order valence-corrected chi connectivity index (χ0v) is 19.4. The van der Waals surface area contributed by atoms with Crippen molar-refractivity contribution >= 4 is 0 Å². The number of methoxy groups -OCH3 is 2. The Morgan fingerprint density at radius 2 is 1.00 bits per heavy atom. The topological polar surface area (TPSA) is 27.7 Å². The SMILES string of the molecule is CCC(OC(c1ccccc1)(c1ccc(OC)cc1)c1ccc(OC)cc1)c1ccccc1. The third-order valence-corrected chi connectivity index (χ3v) is 6.03. The van der Waals surface area contributed by atoms with E-state index in [2.05, 4.69) is 79.7 Å². The first-order chi connectivity index (χ1) is 16.2. The highest BCUT2D eigenvalue weighted by molar-refractivity contribution is 5.50. The fourth-order valence-corrected chi connectivity index (χ4v) is 4.30. The van der Waals surface area contributed by atoms with Crippen LogP contribution in [0.5, 0.6) is 11.5 Å². The molecule has 0 bridgehead atoms. The summed E-state index contributed by atoms with van der Waals surface area (Å²) in [5, 5.41) is 0. The zero-order chi connectivity index (χ0) is 23.1. The fourth-order valence-electron chi connectivity index (χ4n) is 4.30. The van der Waals surface area contributed by atoms with Crippen molar-refractivity contribution in [1.82, 2.24) is 0 Å². The second-order valence-corrected chi connectivity index (χ2v) is 7.93. The second-order valence-electron chi connectivity index (χ2n) is 7.93. The Balaban J connectivity index is 1.96. The van der Waals surface area contributed by atoms with Crippen LogP contribution in [0.2, 0.25) is 0 Å². The summed E-state index contributed by atoms with van der Waals surface area (Å²) in [5.41, 5.74) is 3.47. The van der Waals surface area contributed by atoms with Crippen LogP contribution >= 0.6 is 0 Å². The summed E-state index contributed by atoms with van der Waals surface area (Å²) >= 11 is 0. The standard InChI is InChI=1S/C30H30O3/c1-4-29(23-11-7-5-8-12-23)33-30(24-13-9-6-10-14-24,25-15-19-27(31-2)20-16-25)26-17-21-28(32-3)22-18-26/h5-22,29H,4H2,1-3H3. The maximum atomic E-state index is 7.20. The molecule has 0 aliphatic carbocycles. The molecule has 168 valence electrons. The largest absolute Gasteiger partial charge is 0.497 e. The molecule has 0 aromatic heterocycles. The van der Waals surface area contributed by atoms with Crippen molar-refractivity contribution in [2.75, 3.05) is 14.2 Å². The van der Waals surface area contributed by atoms with Crippen LogP contribution in [0, 0.1) is 0 Å². The van der Waals surface area contributed by atoms with Crippen molar-refractivity contribution in [2.45, 2.75) is 25.0 Å². The highest BCUT2D eigenvalue weighted by Crippen LogP contribution is 2.45. The minimum atomic E-state index is -0.823. The Hall–Kier alpha value is -3.56. The highest BCUT2D eigenvalue weighted by atomic mass is 16.5. The van der Waals surface area contributed by atoms with Crippen molar-refractivity contribution in [3.8, 4) is 11.5 Å². The first-order valence-electron chi connectivity index (χ1n) is 11.3. The summed E-state index contributed by atoms with van der Waals surface area (Å²) in [4.78, 5) is 0. The molecular weight excluding hydrogens is 408 g/mol. The van der Waals surface area contributed by atoms with Crippen LogP contribution in [-0.4, -0.2) is 14.2 Å². The van der Waals surface area contributed by atoms with Crippen LogP contribution in [0.25, 0.3) is 0 Å². The molecule has 0 radical (unpaired) electrons. The number of hydrogen-bond acceptors (Lipinski definition) is 3. The molecule has 33 heavy (non-hydrogen) atoms. The minimum absolute atomic E-state index is 0.101. The summed E-state index contributed by atoms with van der Waals surface area (Å²) < 4.78 is 18.1. The van der Waals surface area contributed by atoms with Crippen molar-refractivity contribution in [3.05, 3.63) is 131 Å². The average molecular weight is 439 g/mol. The van der Waals surface area contributed by atoms with Gasteiger partial charge in [-0.25, -0.2) is 0 Å². The van der Waals surface area contributed by atoms with E-state index in [1.807, 2.05) is 36.4 Å². The molecule has 3 heteroatoms. The van der Waals surface area contributed by atoms with Crippen LogP contribution in [0.4, 0.5) is 0 Å². The Morgan fingerprint density at radius 3 is 1.42 bits per heavy atom. The van der Waals surface area contributed by atoms with Crippen LogP contribution in [0.15, 0.2) is 109 Å². The van der Waals surface area contributed by atoms with E-state index in [-0.39, 0.29) is 6.10 Å². The molecule has 4 aromatic rings. The molecule has 0 saturated heterocycles.